The van der Waals surface area contributed by atoms with Gasteiger partial charge in [-0.05, 0) is 0 Å². The van der Waals surface area contributed by atoms with Gasteiger partial charge in [0.15, 0.2) is 0 Å². The van der Waals surface area contributed by atoms with Crippen LogP contribution in [0.25, 0.3) is 0 Å². The molecule has 0 saturated heterocycles. The van der Waals surface area contributed by atoms with Gasteiger partial charge in [-0.3, -0.25) is 0 Å². The number of rotatable bonds is 0. The molecule has 0 aromatic carbocycles. The summed E-state index contributed by atoms with van der Waals surface area (Å²) in [5.74, 6) is 0. The predicted octanol–water partition coefficient (Wildman–Crippen LogP) is -1.29. The Labute approximate surface area is 87.1 Å². The molecule has 0 fully saturated rings. The van der Waals surface area contributed by atoms with Crippen molar-refractivity contribution in [2.24, 2.45) is 0 Å². The minimum atomic E-state index is 0. The second-order valence-corrected chi connectivity index (χ2v) is 1.28. The fraction of sp³-hybridized carbons (Fsp3) is 0.167. The maximum Gasteiger partial charge on any atom is 1.00 e. The molecule has 1 rings (SSSR count). The minimum Gasteiger partial charge on any atom is -0.187 e. The van der Waals surface area contributed by atoms with E-state index in [1.165, 1.54) is 0 Å². The van der Waals surface area contributed by atoms with Crippen molar-refractivity contribution in [1.82, 2.24) is 0 Å². The van der Waals surface area contributed by atoms with Crippen molar-refractivity contribution in [2.75, 3.05) is 0 Å². The van der Waals surface area contributed by atoms with E-state index in [-0.39, 0.29) is 51.4 Å². The Bertz CT molecular complexity index is 62.2. The second kappa shape index (κ2) is 5.13. The summed E-state index contributed by atoms with van der Waals surface area (Å²) in [6.45, 7) is 0. The third-order valence-electron chi connectivity index (χ3n) is 0.767. The number of hydrogen-bond donors (Lipinski definition) is 0. The van der Waals surface area contributed by atoms with Gasteiger partial charge in [-0.1, -0.05) is 0 Å². The van der Waals surface area contributed by atoms with Crippen molar-refractivity contribution in [3.63, 3.8) is 0 Å². The molecule has 0 atom stereocenters. The maximum absolute atomic E-state index is 2.12. The second-order valence-electron chi connectivity index (χ2n) is 1.28. The zero-order chi connectivity index (χ0) is 4.24. The summed E-state index contributed by atoms with van der Waals surface area (Å²) in [5, 5.41) is 0. The van der Waals surface area contributed by atoms with Crippen LogP contribution in [0.4, 0.5) is 0 Å². The monoisotopic (exact) mass is 118 g/mol. The van der Waals surface area contributed by atoms with Crippen LogP contribution >= 0.6 is 0 Å². The van der Waals surface area contributed by atoms with Crippen molar-refractivity contribution in [3.8, 4) is 0 Å². The molecular weight excluding hydrogens is 111 g/mol. The summed E-state index contributed by atoms with van der Waals surface area (Å²) in [5.41, 5.74) is 0. The first-order valence-corrected chi connectivity index (χ1v) is 2.15. The molecule has 0 aromatic rings. The van der Waals surface area contributed by atoms with Crippen molar-refractivity contribution >= 4 is 0 Å². The van der Waals surface area contributed by atoms with Crippen LogP contribution in [0.5, 0.6) is 0 Å². The molecule has 0 saturated carbocycles. The van der Waals surface area contributed by atoms with Crippen molar-refractivity contribution < 1.29 is 51.4 Å². The Morgan fingerprint density at radius 1 is 1.14 bits per heavy atom. The molecule has 0 radical (unpaired) electrons. The molecule has 0 N–H and O–H groups in total. The van der Waals surface area contributed by atoms with Crippen LogP contribution in [0.3, 0.4) is 0 Å². The van der Waals surface area contributed by atoms with Gasteiger partial charge in [-0.15, -0.1) is 6.42 Å². The summed E-state index contributed by atoms with van der Waals surface area (Å²) in [6.07, 6.45) is 11.5. The van der Waals surface area contributed by atoms with Gasteiger partial charge in [0, 0.05) is 0 Å². The molecular formula is C6H7K. The van der Waals surface area contributed by atoms with E-state index in [4.69, 9.17) is 0 Å². The van der Waals surface area contributed by atoms with Gasteiger partial charge in [0.25, 0.3) is 0 Å². The maximum atomic E-state index is 2.12. The van der Waals surface area contributed by atoms with Crippen LogP contribution in [-0.4, -0.2) is 0 Å². The zero-order valence-corrected chi connectivity index (χ0v) is 7.72. The van der Waals surface area contributed by atoms with Crippen molar-refractivity contribution in [1.29, 1.82) is 0 Å². The average Bonchev–Trinajstić information content (AvgIpc) is 1.72. The molecule has 0 nitrogen and oxygen atoms in total. The smallest absolute Gasteiger partial charge is 0.187 e. The summed E-state index contributed by atoms with van der Waals surface area (Å²) in [6, 6.07) is 0. The summed E-state index contributed by atoms with van der Waals surface area (Å²) in [7, 11) is 0. The molecule has 1 aliphatic rings. The third kappa shape index (κ3) is 3.56. The van der Waals surface area contributed by atoms with Crippen LogP contribution in [-0.2, 0) is 0 Å². The van der Waals surface area contributed by atoms with Gasteiger partial charge in [0.05, 0.1) is 0 Å². The summed E-state index contributed by atoms with van der Waals surface area (Å²) >= 11 is 0. The fourth-order valence-electron chi connectivity index (χ4n) is 0.457. The summed E-state index contributed by atoms with van der Waals surface area (Å²) < 4.78 is 0. The molecule has 7 heavy (non-hydrogen) atoms. The Hall–Kier alpha value is 0.986. The fourth-order valence-corrected chi connectivity index (χ4v) is 0.457. The Morgan fingerprint density at radius 3 is 1.86 bits per heavy atom. The topological polar surface area (TPSA) is 0 Å². The Balaban J connectivity index is 0.000000360. The molecule has 0 heterocycles. The molecule has 1 aliphatic carbocycles. The van der Waals surface area contributed by atoms with Gasteiger partial charge in [-0.2, -0.15) is 30.7 Å². The molecule has 0 unspecified atom stereocenters. The first-order chi connectivity index (χ1) is 3.00. The quantitative estimate of drug-likeness (QED) is 0.274. The van der Waals surface area contributed by atoms with E-state index in [0.29, 0.717) is 0 Å². The summed E-state index contributed by atoms with van der Waals surface area (Å²) in [4.78, 5) is 0. The molecule has 0 aromatic heterocycles. The minimum absolute atomic E-state index is 0. The van der Waals surface area contributed by atoms with E-state index in [1.807, 2.05) is 6.42 Å². The first-order valence-electron chi connectivity index (χ1n) is 2.15. The first kappa shape index (κ1) is 7.99. The third-order valence-corrected chi connectivity index (χ3v) is 0.767. The number of allylic oxidation sites excluding steroid dienone is 4. The molecule has 1 heteroatoms. The van der Waals surface area contributed by atoms with Gasteiger partial charge in [-0.25, -0.2) is 0 Å². The SMILES string of the molecule is C1=CCC=C[CH-]1.[K+]. The molecule has 32 valence electrons. The van der Waals surface area contributed by atoms with Crippen LogP contribution in [0.1, 0.15) is 6.42 Å². The van der Waals surface area contributed by atoms with Crippen LogP contribution in [0, 0.1) is 6.42 Å². The number of hydrogen-bond acceptors (Lipinski definition) is 0. The van der Waals surface area contributed by atoms with E-state index in [9.17, 15) is 0 Å². The zero-order valence-electron chi connectivity index (χ0n) is 4.59. The van der Waals surface area contributed by atoms with E-state index in [0.717, 1.165) is 6.42 Å². The van der Waals surface area contributed by atoms with E-state index in [1.54, 1.807) is 0 Å². The van der Waals surface area contributed by atoms with Crippen molar-refractivity contribution in [3.05, 3.63) is 30.7 Å². The van der Waals surface area contributed by atoms with Gasteiger partial charge in [0.2, 0.25) is 0 Å². The van der Waals surface area contributed by atoms with E-state index < -0.39 is 0 Å². The molecule has 0 amide bonds. The normalized spacial score (nSPS) is 14.9. The molecule has 0 aliphatic heterocycles. The Morgan fingerprint density at radius 2 is 1.71 bits per heavy atom. The van der Waals surface area contributed by atoms with E-state index >= 15 is 0 Å². The van der Waals surface area contributed by atoms with Crippen LogP contribution in [0.2, 0.25) is 0 Å². The molecule has 0 bridgehead atoms. The van der Waals surface area contributed by atoms with Crippen molar-refractivity contribution in [2.45, 2.75) is 6.42 Å². The van der Waals surface area contributed by atoms with Crippen LogP contribution < -0.4 is 51.4 Å². The largest absolute Gasteiger partial charge is 1.00 e. The predicted molar refractivity (Wildman–Crippen MR) is 27.2 cm³/mol. The average molecular weight is 118 g/mol. The van der Waals surface area contributed by atoms with Crippen LogP contribution in [0.15, 0.2) is 24.3 Å². The standard InChI is InChI=1S/C6H7.K/c1-2-4-6-5-3-1;/h1-5H,6H2;/q-1;+1. The Kier molecular flexibility index (Phi) is 5.85. The molecule has 0 spiro atoms. The van der Waals surface area contributed by atoms with E-state index in [2.05, 4.69) is 24.3 Å². The van der Waals surface area contributed by atoms with Gasteiger partial charge < -0.3 is 0 Å². The van der Waals surface area contributed by atoms with Gasteiger partial charge in [0.1, 0.15) is 0 Å². The van der Waals surface area contributed by atoms with Gasteiger partial charge >= 0.3 is 51.4 Å².